The molecule has 0 spiro atoms. The lowest BCUT2D eigenvalue weighted by Gasteiger charge is -2.10. The van der Waals surface area contributed by atoms with Crippen molar-refractivity contribution in [2.24, 2.45) is 0 Å². The first-order valence-electron chi connectivity index (χ1n) is 6.51. The molecule has 0 aliphatic carbocycles. The fourth-order valence-electron chi connectivity index (χ4n) is 1.36. The molecule has 1 aromatic rings. The summed E-state index contributed by atoms with van der Waals surface area (Å²) in [5, 5.41) is 14.4. The minimum absolute atomic E-state index is 0.357. The predicted molar refractivity (Wildman–Crippen MR) is 77.0 cm³/mol. The van der Waals surface area contributed by atoms with Gasteiger partial charge in [-0.15, -0.1) is 5.10 Å². The summed E-state index contributed by atoms with van der Waals surface area (Å²) in [5.41, 5.74) is 0. The van der Waals surface area contributed by atoms with Gasteiger partial charge in [-0.3, -0.25) is 0 Å². The molecular weight excluding hydrogens is 248 g/mol. The number of nitrogens with zero attached hydrogens (tertiary/aromatic N) is 2. The van der Waals surface area contributed by atoms with Crippen LogP contribution < -0.4 is 10.6 Å². The summed E-state index contributed by atoms with van der Waals surface area (Å²) in [5.74, 6) is 2.94. The summed E-state index contributed by atoms with van der Waals surface area (Å²) in [7, 11) is 0. The lowest BCUT2D eigenvalue weighted by atomic mass is 10.3. The molecule has 18 heavy (non-hydrogen) atoms. The molecule has 104 valence electrons. The maximum absolute atomic E-state index is 5.51. The highest BCUT2D eigenvalue weighted by atomic mass is 32.2. The highest BCUT2D eigenvalue weighted by Crippen LogP contribution is 2.10. The number of hydrogen-bond acceptors (Lipinski definition) is 6. The van der Waals surface area contributed by atoms with Crippen molar-refractivity contribution in [3.05, 3.63) is 5.89 Å². The topological polar surface area (TPSA) is 63.0 Å². The van der Waals surface area contributed by atoms with Crippen molar-refractivity contribution in [1.82, 2.24) is 15.5 Å². The molecule has 1 rings (SSSR count). The zero-order valence-corrected chi connectivity index (χ0v) is 12.5. The molecule has 1 atom stereocenters. The van der Waals surface area contributed by atoms with E-state index in [2.05, 4.69) is 48.5 Å². The fourth-order valence-corrected chi connectivity index (χ4v) is 2.17. The largest absolute Gasteiger partial charge is 0.407 e. The van der Waals surface area contributed by atoms with Crippen molar-refractivity contribution in [3.63, 3.8) is 0 Å². The van der Waals surface area contributed by atoms with E-state index >= 15 is 0 Å². The first-order chi connectivity index (χ1) is 8.61. The smallest absolute Gasteiger partial charge is 0.315 e. The first-order valence-corrected chi connectivity index (χ1v) is 7.67. The van der Waals surface area contributed by atoms with Crippen molar-refractivity contribution in [3.8, 4) is 0 Å². The van der Waals surface area contributed by atoms with Gasteiger partial charge >= 0.3 is 6.01 Å². The zero-order valence-electron chi connectivity index (χ0n) is 11.7. The molecule has 0 fully saturated rings. The van der Waals surface area contributed by atoms with Gasteiger partial charge in [0.15, 0.2) is 0 Å². The van der Waals surface area contributed by atoms with Crippen LogP contribution in [0.15, 0.2) is 4.42 Å². The molecule has 1 unspecified atom stereocenters. The Bertz CT molecular complexity index is 330. The number of thioether (sulfide) groups is 1. The molecule has 2 N–H and O–H groups in total. The predicted octanol–water partition coefficient (Wildman–Crippen LogP) is 2.51. The third-order valence-electron chi connectivity index (χ3n) is 2.40. The van der Waals surface area contributed by atoms with Crippen LogP contribution in [0.4, 0.5) is 6.01 Å². The summed E-state index contributed by atoms with van der Waals surface area (Å²) >= 11 is 1.95. The maximum atomic E-state index is 5.51. The number of rotatable bonds is 9. The van der Waals surface area contributed by atoms with Gasteiger partial charge in [0.05, 0.1) is 6.54 Å². The van der Waals surface area contributed by atoms with E-state index in [1.807, 2.05) is 11.8 Å². The summed E-state index contributed by atoms with van der Waals surface area (Å²) in [6, 6.07) is 1.29. The highest BCUT2D eigenvalue weighted by molar-refractivity contribution is 7.99. The van der Waals surface area contributed by atoms with E-state index in [1.54, 1.807) is 0 Å². The van der Waals surface area contributed by atoms with Crippen molar-refractivity contribution in [2.45, 2.75) is 52.7 Å². The monoisotopic (exact) mass is 272 g/mol. The van der Waals surface area contributed by atoms with Gasteiger partial charge in [-0.05, 0) is 24.9 Å². The zero-order chi connectivity index (χ0) is 13.4. The van der Waals surface area contributed by atoms with Crippen LogP contribution in [0.2, 0.25) is 0 Å². The summed E-state index contributed by atoms with van der Waals surface area (Å²) in [4.78, 5) is 0. The van der Waals surface area contributed by atoms with E-state index in [1.165, 1.54) is 0 Å². The van der Waals surface area contributed by atoms with E-state index < -0.39 is 0 Å². The molecule has 5 nitrogen and oxygen atoms in total. The van der Waals surface area contributed by atoms with Crippen LogP contribution in [-0.2, 0) is 6.54 Å². The first kappa shape index (κ1) is 15.3. The van der Waals surface area contributed by atoms with Crippen LogP contribution in [0.1, 0.15) is 40.0 Å². The Morgan fingerprint density at radius 2 is 2.06 bits per heavy atom. The van der Waals surface area contributed by atoms with Gasteiger partial charge in [-0.25, -0.2) is 0 Å². The van der Waals surface area contributed by atoms with Crippen LogP contribution >= 0.6 is 11.8 Å². The maximum Gasteiger partial charge on any atom is 0.315 e. The average molecular weight is 272 g/mol. The number of hydrogen-bond donors (Lipinski definition) is 2. The second-order valence-electron chi connectivity index (χ2n) is 4.57. The Morgan fingerprint density at radius 3 is 2.72 bits per heavy atom. The minimum Gasteiger partial charge on any atom is -0.407 e. The van der Waals surface area contributed by atoms with Gasteiger partial charge in [0.1, 0.15) is 0 Å². The Balaban J connectivity index is 2.29. The van der Waals surface area contributed by atoms with Gasteiger partial charge in [0, 0.05) is 12.1 Å². The quantitative estimate of drug-likeness (QED) is 0.674. The van der Waals surface area contributed by atoms with Gasteiger partial charge in [-0.1, -0.05) is 25.9 Å². The van der Waals surface area contributed by atoms with E-state index in [0.717, 1.165) is 17.9 Å². The molecule has 0 aromatic carbocycles. The fraction of sp³-hybridized carbons (Fsp3) is 0.833. The molecule has 1 heterocycles. The third-order valence-corrected chi connectivity index (χ3v) is 3.33. The Hall–Kier alpha value is -0.750. The van der Waals surface area contributed by atoms with Gasteiger partial charge < -0.3 is 15.1 Å². The second kappa shape index (κ2) is 8.37. The normalized spacial score (nSPS) is 12.9. The highest BCUT2D eigenvalue weighted by Gasteiger charge is 2.09. The van der Waals surface area contributed by atoms with Crippen LogP contribution in [0, 0.1) is 0 Å². The summed E-state index contributed by atoms with van der Waals surface area (Å²) in [6.07, 6.45) is 1.10. The lowest BCUT2D eigenvalue weighted by Crippen LogP contribution is -2.21. The number of aromatic nitrogens is 2. The van der Waals surface area contributed by atoms with Gasteiger partial charge in [0.25, 0.3) is 0 Å². The number of nitrogens with one attached hydrogen (secondary N) is 2. The van der Waals surface area contributed by atoms with Crippen molar-refractivity contribution in [1.29, 1.82) is 0 Å². The Labute approximate surface area is 114 Å². The van der Waals surface area contributed by atoms with Crippen LogP contribution in [-0.4, -0.2) is 33.8 Å². The molecule has 0 saturated carbocycles. The molecule has 0 bridgehead atoms. The van der Waals surface area contributed by atoms with E-state index in [4.69, 9.17) is 4.42 Å². The number of anilines is 1. The Kier molecular flexibility index (Phi) is 7.12. The van der Waals surface area contributed by atoms with Crippen LogP contribution in [0.5, 0.6) is 0 Å². The standard InChI is InChI=1S/C12H24N4OS/c1-5-18-7-6-10(4)14-12-16-15-11(17-12)8-13-9(2)3/h9-10,13H,5-8H2,1-4H3,(H,14,16). The molecule has 0 radical (unpaired) electrons. The van der Waals surface area contributed by atoms with Crippen molar-refractivity contribution < 1.29 is 4.42 Å². The van der Waals surface area contributed by atoms with Crippen LogP contribution in [0.3, 0.4) is 0 Å². The molecule has 0 amide bonds. The van der Waals surface area contributed by atoms with Gasteiger partial charge in [-0.2, -0.15) is 11.8 Å². The van der Waals surface area contributed by atoms with E-state index in [0.29, 0.717) is 30.5 Å². The molecule has 6 heteroatoms. The van der Waals surface area contributed by atoms with E-state index in [9.17, 15) is 0 Å². The van der Waals surface area contributed by atoms with Gasteiger partial charge in [0.2, 0.25) is 5.89 Å². The SMILES string of the molecule is CCSCCC(C)Nc1nnc(CNC(C)C)o1. The minimum atomic E-state index is 0.357. The summed E-state index contributed by atoms with van der Waals surface area (Å²) in [6.45, 7) is 9.10. The van der Waals surface area contributed by atoms with Crippen LogP contribution in [0.25, 0.3) is 0 Å². The average Bonchev–Trinajstić information content (AvgIpc) is 2.74. The van der Waals surface area contributed by atoms with Crippen molar-refractivity contribution in [2.75, 3.05) is 16.8 Å². The molecule has 0 aliphatic rings. The molecular formula is C12H24N4OS. The molecule has 1 aromatic heterocycles. The second-order valence-corrected chi connectivity index (χ2v) is 5.96. The molecule has 0 saturated heterocycles. The third kappa shape index (κ3) is 6.26. The summed E-state index contributed by atoms with van der Waals surface area (Å²) < 4.78 is 5.51. The Morgan fingerprint density at radius 1 is 1.28 bits per heavy atom. The lowest BCUT2D eigenvalue weighted by molar-refractivity contribution is 0.455. The van der Waals surface area contributed by atoms with E-state index in [-0.39, 0.29) is 0 Å². The molecule has 0 aliphatic heterocycles. The van der Waals surface area contributed by atoms with Crippen molar-refractivity contribution >= 4 is 17.8 Å².